The Morgan fingerprint density at radius 1 is 0.917 bits per heavy atom. The lowest BCUT2D eigenvalue weighted by atomic mass is 10.8. The molecule has 0 saturated heterocycles. The molecule has 76 valence electrons. The second-order valence-corrected chi connectivity index (χ2v) is 1.55. The maximum absolute atomic E-state index is 9.12. The number of hydrogen-bond donors (Lipinski definition) is 2. The number of carboxylic acid groups (broad SMARTS) is 2. The number of hydrogen-bond acceptors (Lipinski definition) is 4. The molecule has 0 aliphatic carbocycles. The van der Waals surface area contributed by atoms with Crippen molar-refractivity contribution in [3.63, 3.8) is 0 Å². The Kier molecular flexibility index (Phi) is 31.5. The number of quaternary nitrogens is 2. The molecular weight excluding hydrogens is 211 g/mol. The van der Waals surface area contributed by atoms with Crippen molar-refractivity contribution in [3.8, 4) is 0 Å². The third-order valence-corrected chi connectivity index (χ3v) is 0.655. The lowest BCUT2D eigenvalue weighted by Gasteiger charge is -1.85. The van der Waals surface area contributed by atoms with E-state index < -0.39 is 23.7 Å². The highest BCUT2D eigenvalue weighted by atomic mass is 35.5. The average Bonchev–Trinajstić information content (AvgIpc) is 1.89. The minimum atomic E-state index is -1.23. The van der Waals surface area contributed by atoms with Gasteiger partial charge in [-0.2, -0.15) is 0 Å². The summed E-state index contributed by atoms with van der Waals surface area (Å²) in [5.41, 5.74) is 0. The molecule has 0 aromatic carbocycles. The minimum Gasteiger partial charge on any atom is -0.549 e. The summed E-state index contributed by atoms with van der Waals surface area (Å²) < 4.78 is 0. The number of carbonyl (C=O) groups is 2. The lowest BCUT2D eigenvalue weighted by Crippen LogP contribution is -2.23. The predicted octanol–water partition coefficient (Wildman–Crippen LogP) is -1.30. The summed E-state index contributed by atoms with van der Waals surface area (Å²) in [6, 6.07) is 0. The van der Waals surface area contributed by atoms with E-state index in [1.165, 1.54) is 0 Å². The van der Waals surface area contributed by atoms with E-state index in [-0.39, 0.29) is 12.3 Å². The van der Waals surface area contributed by atoms with Crippen molar-refractivity contribution in [1.29, 1.82) is 0 Å². The Balaban J connectivity index is -0.0000000457. The monoisotopic (exact) mass is 222 g/mol. The van der Waals surface area contributed by atoms with Crippen LogP contribution in [0.25, 0.3) is 0 Å². The summed E-state index contributed by atoms with van der Waals surface area (Å²) in [5, 5.41) is 18.2. The number of carbonyl (C=O) groups excluding carboxylic acids is 2. The van der Waals surface area contributed by atoms with Crippen LogP contribution in [0.5, 0.6) is 0 Å². The Labute approximate surface area is 79.6 Å². The number of aliphatic carboxylic acids is 2. The topological polar surface area (TPSA) is 153 Å². The van der Waals surface area contributed by atoms with Crippen LogP contribution in [-0.4, -0.2) is 23.7 Å². The van der Waals surface area contributed by atoms with Gasteiger partial charge >= 0.3 is 0 Å². The minimum absolute atomic E-state index is 0. The Morgan fingerprint density at radius 3 is 1.00 bits per heavy atom. The van der Waals surface area contributed by atoms with Crippen molar-refractivity contribution in [1.82, 2.24) is 12.3 Å². The number of carboxylic acids is 2. The van der Waals surface area contributed by atoms with Gasteiger partial charge in [-0.15, -0.1) is 23.2 Å². The molecule has 0 rings (SSSR count). The number of alkyl halides is 2. The molecule has 0 radical (unpaired) electrons. The van der Waals surface area contributed by atoms with Crippen LogP contribution >= 0.6 is 23.2 Å². The predicted molar refractivity (Wildman–Crippen MR) is 43.4 cm³/mol. The Bertz CT molecular complexity index is 108. The van der Waals surface area contributed by atoms with Gasteiger partial charge in [0.15, 0.2) is 0 Å². The zero-order valence-electron chi connectivity index (χ0n) is 6.80. The van der Waals surface area contributed by atoms with Crippen molar-refractivity contribution >= 4 is 35.1 Å². The van der Waals surface area contributed by atoms with E-state index in [9.17, 15) is 0 Å². The molecule has 12 heavy (non-hydrogen) atoms. The molecule has 0 amide bonds. The smallest absolute Gasteiger partial charge is 0.0620 e. The average molecular weight is 223 g/mol. The Morgan fingerprint density at radius 2 is 1.00 bits per heavy atom. The molecule has 8 heteroatoms. The van der Waals surface area contributed by atoms with Gasteiger partial charge in [0.25, 0.3) is 0 Å². The molecule has 0 bridgehead atoms. The van der Waals surface area contributed by atoms with Gasteiger partial charge in [-0.25, -0.2) is 0 Å². The van der Waals surface area contributed by atoms with Crippen LogP contribution in [0.2, 0.25) is 0 Å². The standard InChI is InChI=1S/2C2H3ClO2.2H3N/c2*3-1-2(4)5;;/h2*1H2,(H,4,5);2*1H3. The maximum Gasteiger partial charge on any atom is 0.0620 e. The van der Waals surface area contributed by atoms with Crippen LogP contribution in [0.4, 0.5) is 0 Å². The number of rotatable bonds is 2. The molecule has 0 atom stereocenters. The lowest BCUT2D eigenvalue weighted by molar-refractivity contribution is -0.303. The summed E-state index contributed by atoms with van der Waals surface area (Å²) in [6.07, 6.45) is 0. The van der Waals surface area contributed by atoms with Gasteiger partial charge in [-0.3, -0.25) is 0 Å². The number of halogens is 2. The Hall–Kier alpha value is -0.560. The van der Waals surface area contributed by atoms with Gasteiger partial charge in [0.2, 0.25) is 0 Å². The molecule has 0 heterocycles. The third-order valence-electron chi connectivity index (χ3n) is 0.218. The van der Waals surface area contributed by atoms with Crippen LogP contribution in [0.1, 0.15) is 0 Å². The van der Waals surface area contributed by atoms with E-state index in [0.717, 1.165) is 0 Å². The van der Waals surface area contributed by atoms with E-state index in [1.807, 2.05) is 0 Å². The second-order valence-electron chi connectivity index (χ2n) is 1.01. The fourth-order valence-corrected chi connectivity index (χ4v) is 0. The first-order chi connectivity index (χ1) is 4.54. The molecule has 8 N–H and O–H groups in total. The van der Waals surface area contributed by atoms with E-state index in [2.05, 4.69) is 23.2 Å². The zero-order valence-corrected chi connectivity index (χ0v) is 8.31. The fourth-order valence-electron chi connectivity index (χ4n) is 0. The van der Waals surface area contributed by atoms with Crippen molar-refractivity contribution in [2.75, 3.05) is 11.8 Å². The van der Waals surface area contributed by atoms with E-state index in [0.29, 0.717) is 0 Å². The van der Waals surface area contributed by atoms with Crippen LogP contribution < -0.4 is 22.5 Å². The van der Waals surface area contributed by atoms with Crippen molar-refractivity contribution in [2.45, 2.75) is 0 Å². The van der Waals surface area contributed by atoms with E-state index in [4.69, 9.17) is 19.8 Å². The molecule has 0 aromatic rings. The second kappa shape index (κ2) is 16.8. The highest BCUT2D eigenvalue weighted by molar-refractivity contribution is 6.26. The van der Waals surface area contributed by atoms with Gasteiger partial charge in [-0.1, -0.05) is 0 Å². The highest BCUT2D eigenvalue weighted by Crippen LogP contribution is 1.64. The van der Waals surface area contributed by atoms with Crippen LogP contribution in [0.3, 0.4) is 0 Å². The van der Waals surface area contributed by atoms with E-state index >= 15 is 0 Å². The van der Waals surface area contributed by atoms with Crippen LogP contribution in [-0.2, 0) is 9.59 Å². The zero-order chi connectivity index (χ0) is 8.57. The SMILES string of the molecule is O=C([O-])CCl.O=C([O-])CCl.[NH4+].[NH4+]. The first-order valence-electron chi connectivity index (χ1n) is 2.06. The molecule has 0 aliphatic heterocycles. The first-order valence-corrected chi connectivity index (χ1v) is 3.13. The van der Waals surface area contributed by atoms with Gasteiger partial charge in [0.1, 0.15) is 0 Å². The molecule has 0 aliphatic rings. The van der Waals surface area contributed by atoms with Gasteiger partial charge in [0, 0.05) is 0 Å². The summed E-state index contributed by atoms with van der Waals surface area (Å²) in [4.78, 5) is 18.2. The normalized spacial score (nSPS) is 6.17. The maximum atomic E-state index is 9.12. The first kappa shape index (κ1) is 22.5. The summed E-state index contributed by atoms with van der Waals surface area (Å²) in [5.74, 6) is -3.29. The van der Waals surface area contributed by atoms with Crippen LogP contribution in [0.15, 0.2) is 0 Å². The molecule has 0 saturated carbocycles. The van der Waals surface area contributed by atoms with E-state index in [1.54, 1.807) is 0 Å². The molecular formula is C4H12Cl2N2O4. The highest BCUT2D eigenvalue weighted by Gasteiger charge is 1.68. The summed E-state index contributed by atoms with van der Waals surface area (Å²) in [7, 11) is 0. The van der Waals surface area contributed by atoms with Gasteiger partial charge in [-0.05, 0) is 0 Å². The van der Waals surface area contributed by atoms with Crippen molar-refractivity contribution in [2.24, 2.45) is 0 Å². The molecule has 0 unspecified atom stereocenters. The third kappa shape index (κ3) is 56.8. The largest absolute Gasteiger partial charge is 0.549 e. The van der Waals surface area contributed by atoms with Crippen molar-refractivity contribution in [3.05, 3.63) is 0 Å². The van der Waals surface area contributed by atoms with Crippen LogP contribution in [0, 0.1) is 0 Å². The molecule has 0 spiro atoms. The van der Waals surface area contributed by atoms with Crippen molar-refractivity contribution < 1.29 is 19.8 Å². The quantitative estimate of drug-likeness (QED) is 0.558. The fraction of sp³-hybridized carbons (Fsp3) is 0.500. The summed E-state index contributed by atoms with van der Waals surface area (Å²) >= 11 is 9.35. The van der Waals surface area contributed by atoms with Gasteiger partial charge in [0.05, 0.1) is 23.7 Å². The molecule has 6 nitrogen and oxygen atoms in total. The summed E-state index contributed by atoms with van der Waals surface area (Å²) in [6.45, 7) is 0. The molecule has 0 fully saturated rings. The molecule has 0 aromatic heterocycles. The van der Waals surface area contributed by atoms with Gasteiger partial charge < -0.3 is 32.1 Å².